The zero-order valence-corrected chi connectivity index (χ0v) is 11.6. The molecule has 0 bridgehead atoms. The molecule has 2 aromatic heterocycles. The van der Waals surface area contributed by atoms with Crippen molar-refractivity contribution in [3.05, 3.63) is 53.2 Å². The van der Waals surface area contributed by atoms with E-state index in [1.54, 1.807) is 12.3 Å². The van der Waals surface area contributed by atoms with Crippen LogP contribution in [0.3, 0.4) is 0 Å². The molecule has 0 radical (unpaired) electrons. The van der Waals surface area contributed by atoms with Gasteiger partial charge in [-0.05, 0) is 13.0 Å². The van der Waals surface area contributed by atoms with Crippen LogP contribution in [-0.2, 0) is 0 Å². The number of carbonyl (C=O) groups excluding carboxylic acids is 1. The van der Waals surface area contributed by atoms with Crippen molar-refractivity contribution in [1.82, 2.24) is 15.2 Å². The number of nitrogens with zero attached hydrogens (tertiary/aromatic N) is 2. The molecule has 0 fully saturated rings. The number of hydrogen-bond donors (Lipinski definition) is 2. The summed E-state index contributed by atoms with van der Waals surface area (Å²) >= 11 is 1.39. The summed E-state index contributed by atoms with van der Waals surface area (Å²) in [5.74, 6) is -0.268. The van der Waals surface area contributed by atoms with Crippen LogP contribution in [0.15, 0.2) is 41.9 Å². The van der Waals surface area contributed by atoms with Gasteiger partial charge in [0.2, 0.25) is 0 Å². The summed E-state index contributed by atoms with van der Waals surface area (Å²) in [4.78, 5) is 16.2. The fourth-order valence-electron chi connectivity index (χ4n) is 1.74. The first-order valence-electron chi connectivity index (χ1n) is 6.06. The lowest BCUT2D eigenvalue weighted by molar-refractivity contribution is 0.102. The predicted molar refractivity (Wildman–Crippen MR) is 78.8 cm³/mol. The second kappa shape index (κ2) is 5.26. The molecule has 0 saturated heterocycles. The van der Waals surface area contributed by atoms with E-state index in [0.29, 0.717) is 10.8 Å². The number of carbonyl (C=O) groups is 1. The molecular formula is C14H12N4OS. The largest absolute Gasteiger partial charge is 0.296 e. The topological polar surface area (TPSA) is 70.7 Å². The number of aryl methyl sites for hydroxylation is 1. The monoisotopic (exact) mass is 284 g/mol. The van der Waals surface area contributed by atoms with Gasteiger partial charge in [0, 0.05) is 17.1 Å². The minimum absolute atomic E-state index is 0.268. The molecule has 20 heavy (non-hydrogen) atoms. The molecule has 0 aliphatic carbocycles. The minimum atomic E-state index is -0.268. The number of nitrogens with one attached hydrogen (secondary N) is 2. The van der Waals surface area contributed by atoms with E-state index in [1.165, 1.54) is 16.9 Å². The van der Waals surface area contributed by atoms with Gasteiger partial charge in [0.1, 0.15) is 5.69 Å². The molecule has 0 unspecified atom stereocenters. The van der Waals surface area contributed by atoms with Gasteiger partial charge in [-0.3, -0.25) is 15.2 Å². The Balaban J connectivity index is 1.77. The number of hydrogen-bond acceptors (Lipinski definition) is 4. The maximum atomic E-state index is 11.8. The lowest BCUT2D eigenvalue weighted by atomic mass is 10.1. The highest BCUT2D eigenvalue weighted by Gasteiger charge is 2.11. The summed E-state index contributed by atoms with van der Waals surface area (Å²) in [7, 11) is 0. The summed E-state index contributed by atoms with van der Waals surface area (Å²) in [6.07, 6.45) is 1.61. The quantitative estimate of drug-likeness (QED) is 0.776. The van der Waals surface area contributed by atoms with Gasteiger partial charge in [-0.25, -0.2) is 4.98 Å². The fourth-order valence-corrected chi connectivity index (χ4v) is 2.45. The summed E-state index contributed by atoms with van der Waals surface area (Å²) < 4.78 is 0. The normalized spacial score (nSPS) is 10.4. The molecule has 2 heterocycles. The summed E-state index contributed by atoms with van der Waals surface area (Å²) in [6.45, 7) is 2.04. The molecule has 1 amide bonds. The third kappa shape index (κ3) is 2.60. The molecule has 0 aliphatic rings. The summed E-state index contributed by atoms with van der Waals surface area (Å²) in [6, 6.07) is 9.73. The van der Waals surface area contributed by atoms with Crippen molar-refractivity contribution < 1.29 is 4.79 Å². The Kier molecular flexibility index (Phi) is 3.30. The first kappa shape index (κ1) is 12.6. The Labute approximate surface area is 119 Å². The van der Waals surface area contributed by atoms with Crippen LogP contribution in [0.1, 0.15) is 16.1 Å². The van der Waals surface area contributed by atoms with Crippen LogP contribution in [0, 0.1) is 6.92 Å². The summed E-state index contributed by atoms with van der Waals surface area (Å²) in [5, 5.41) is 11.6. The second-order valence-corrected chi connectivity index (χ2v) is 5.18. The van der Waals surface area contributed by atoms with Gasteiger partial charge in [-0.1, -0.05) is 29.8 Å². The number of benzene rings is 1. The van der Waals surface area contributed by atoms with E-state index in [0.717, 1.165) is 11.3 Å². The van der Waals surface area contributed by atoms with E-state index in [-0.39, 0.29) is 5.91 Å². The average Bonchev–Trinajstić information content (AvgIpc) is 3.10. The Morgan fingerprint density at radius 3 is 2.75 bits per heavy atom. The molecular weight excluding hydrogens is 272 g/mol. The maximum absolute atomic E-state index is 11.8. The highest BCUT2D eigenvalue weighted by atomic mass is 32.1. The van der Waals surface area contributed by atoms with Crippen LogP contribution in [-0.4, -0.2) is 21.1 Å². The molecule has 1 aromatic carbocycles. The predicted octanol–water partition coefficient (Wildman–Crippen LogP) is 3.09. The van der Waals surface area contributed by atoms with Crippen molar-refractivity contribution in [2.45, 2.75) is 6.92 Å². The number of aromatic amines is 1. The minimum Gasteiger partial charge on any atom is -0.296 e. The molecule has 100 valence electrons. The second-order valence-electron chi connectivity index (χ2n) is 4.32. The third-order valence-corrected chi connectivity index (χ3v) is 3.56. The van der Waals surface area contributed by atoms with Crippen molar-refractivity contribution >= 4 is 22.4 Å². The van der Waals surface area contributed by atoms with Crippen molar-refractivity contribution in [1.29, 1.82) is 0 Å². The number of amides is 1. The van der Waals surface area contributed by atoms with E-state index in [2.05, 4.69) is 20.5 Å². The van der Waals surface area contributed by atoms with Crippen molar-refractivity contribution in [2.24, 2.45) is 0 Å². The number of anilines is 1. The number of H-pyrrole nitrogens is 1. The first-order valence-corrected chi connectivity index (χ1v) is 6.94. The Bertz CT molecular complexity index is 716. The fraction of sp³-hybridized carbons (Fsp3) is 0.0714. The van der Waals surface area contributed by atoms with Crippen molar-refractivity contribution in [2.75, 3.05) is 5.32 Å². The van der Waals surface area contributed by atoms with E-state index in [4.69, 9.17) is 0 Å². The maximum Gasteiger partial charge on any atom is 0.277 e. The first-order chi connectivity index (χ1) is 9.72. The molecule has 0 spiro atoms. The Morgan fingerprint density at radius 2 is 2.05 bits per heavy atom. The SMILES string of the molecule is Cc1ccc(-c2csc(NC(=O)c3cc[nH]n3)n2)cc1. The molecule has 5 nitrogen and oxygen atoms in total. The van der Waals surface area contributed by atoms with Crippen LogP contribution in [0.25, 0.3) is 11.3 Å². The van der Waals surface area contributed by atoms with Gasteiger partial charge in [-0.2, -0.15) is 5.10 Å². The van der Waals surface area contributed by atoms with Crippen LogP contribution in [0.4, 0.5) is 5.13 Å². The van der Waals surface area contributed by atoms with Crippen molar-refractivity contribution in [3.8, 4) is 11.3 Å². The summed E-state index contributed by atoms with van der Waals surface area (Å²) in [5.41, 5.74) is 3.44. The zero-order chi connectivity index (χ0) is 13.9. The number of aromatic nitrogens is 3. The number of thiazole rings is 1. The molecule has 0 aliphatic heterocycles. The lowest BCUT2D eigenvalue weighted by Crippen LogP contribution is -2.12. The highest BCUT2D eigenvalue weighted by molar-refractivity contribution is 7.14. The third-order valence-electron chi connectivity index (χ3n) is 2.81. The van der Waals surface area contributed by atoms with Gasteiger partial charge in [0.05, 0.1) is 5.69 Å². The zero-order valence-electron chi connectivity index (χ0n) is 10.8. The molecule has 3 aromatic rings. The van der Waals surface area contributed by atoms with Crippen LogP contribution in [0.5, 0.6) is 0 Å². The van der Waals surface area contributed by atoms with Gasteiger partial charge < -0.3 is 0 Å². The Morgan fingerprint density at radius 1 is 1.25 bits per heavy atom. The standard InChI is InChI=1S/C14H12N4OS/c1-9-2-4-10(5-3-9)12-8-20-14(16-12)17-13(19)11-6-7-15-18-11/h2-8H,1H3,(H,15,18)(H,16,17,19). The van der Waals surface area contributed by atoms with E-state index >= 15 is 0 Å². The lowest BCUT2D eigenvalue weighted by Gasteiger charge is -1.98. The Hall–Kier alpha value is -2.47. The molecule has 0 atom stereocenters. The molecule has 2 N–H and O–H groups in total. The van der Waals surface area contributed by atoms with Crippen LogP contribution < -0.4 is 5.32 Å². The average molecular weight is 284 g/mol. The van der Waals surface area contributed by atoms with Gasteiger partial charge in [0.15, 0.2) is 5.13 Å². The van der Waals surface area contributed by atoms with Gasteiger partial charge in [0.25, 0.3) is 5.91 Å². The molecule has 6 heteroatoms. The van der Waals surface area contributed by atoms with Gasteiger partial charge >= 0.3 is 0 Å². The molecule has 3 rings (SSSR count). The smallest absolute Gasteiger partial charge is 0.277 e. The highest BCUT2D eigenvalue weighted by Crippen LogP contribution is 2.25. The van der Waals surface area contributed by atoms with E-state index in [9.17, 15) is 4.79 Å². The van der Waals surface area contributed by atoms with Crippen molar-refractivity contribution in [3.63, 3.8) is 0 Å². The van der Waals surface area contributed by atoms with Crippen LogP contribution in [0.2, 0.25) is 0 Å². The van der Waals surface area contributed by atoms with Crippen LogP contribution >= 0.6 is 11.3 Å². The van der Waals surface area contributed by atoms with Gasteiger partial charge in [-0.15, -0.1) is 11.3 Å². The van der Waals surface area contributed by atoms with E-state index < -0.39 is 0 Å². The molecule has 0 saturated carbocycles. The van der Waals surface area contributed by atoms with E-state index in [1.807, 2.05) is 36.6 Å². The number of rotatable bonds is 3.